The van der Waals surface area contributed by atoms with Crippen molar-refractivity contribution in [1.82, 2.24) is 15.3 Å². The molecule has 1 unspecified atom stereocenters. The smallest absolute Gasteiger partial charge is 0.133 e. The van der Waals surface area contributed by atoms with Crippen molar-refractivity contribution in [2.45, 2.75) is 38.7 Å². The Labute approximate surface area is 102 Å². The Kier molecular flexibility index (Phi) is 3.07. The van der Waals surface area contributed by atoms with Crippen LogP contribution in [0.5, 0.6) is 0 Å². The number of nitrogens with zero attached hydrogens (tertiary/aromatic N) is 2. The van der Waals surface area contributed by atoms with Gasteiger partial charge in [0.2, 0.25) is 0 Å². The second-order valence-electron chi connectivity index (χ2n) is 4.94. The summed E-state index contributed by atoms with van der Waals surface area (Å²) in [5.41, 5.74) is 3.58. The van der Waals surface area contributed by atoms with Gasteiger partial charge in [-0.1, -0.05) is 0 Å². The number of fused-ring (bicyclic) bond motifs is 1. The molecular weight excluding hydrogens is 214 g/mol. The third kappa shape index (κ3) is 2.19. The standard InChI is InChI=1S/C13H19N3O/c1-9-11-4-6-17-8-12(11)16-13(15-9)10-3-2-5-14-7-10/h10,14H,2-8H2,1H3. The summed E-state index contributed by atoms with van der Waals surface area (Å²) in [6.45, 7) is 5.71. The summed E-state index contributed by atoms with van der Waals surface area (Å²) in [6, 6.07) is 0. The van der Waals surface area contributed by atoms with Crippen molar-refractivity contribution in [2.75, 3.05) is 19.7 Å². The van der Waals surface area contributed by atoms with Crippen molar-refractivity contribution in [3.05, 3.63) is 22.8 Å². The van der Waals surface area contributed by atoms with E-state index >= 15 is 0 Å². The first kappa shape index (κ1) is 11.1. The molecule has 0 bridgehead atoms. The summed E-state index contributed by atoms with van der Waals surface area (Å²) in [7, 11) is 0. The maximum Gasteiger partial charge on any atom is 0.133 e. The lowest BCUT2D eigenvalue weighted by atomic mass is 9.97. The molecule has 0 spiro atoms. The molecule has 0 radical (unpaired) electrons. The average molecular weight is 233 g/mol. The Hall–Kier alpha value is -1.00. The van der Waals surface area contributed by atoms with Gasteiger partial charge in [0.1, 0.15) is 5.82 Å². The van der Waals surface area contributed by atoms with E-state index in [1.54, 1.807) is 0 Å². The Balaban J connectivity index is 1.92. The number of nitrogens with one attached hydrogen (secondary N) is 1. The maximum absolute atomic E-state index is 5.49. The van der Waals surface area contributed by atoms with Crippen molar-refractivity contribution >= 4 is 0 Å². The van der Waals surface area contributed by atoms with Gasteiger partial charge in [-0.3, -0.25) is 0 Å². The highest BCUT2D eigenvalue weighted by molar-refractivity contribution is 5.27. The van der Waals surface area contributed by atoms with Crippen LogP contribution in [0.3, 0.4) is 0 Å². The first-order valence-electron chi connectivity index (χ1n) is 6.49. The number of hydrogen-bond donors (Lipinski definition) is 1. The summed E-state index contributed by atoms with van der Waals surface area (Å²) in [5.74, 6) is 1.49. The lowest BCUT2D eigenvalue weighted by molar-refractivity contribution is 0.106. The third-order valence-electron chi connectivity index (χ3n) is 3.71. The largest absolute Gasteiger partial charge is 0.375 e. The molecule has 0 aliphatic carbocycles. The molecule has 1 saturated heterocycles. The fourth-order valence-corrected chi connectivity index (χ4v) is 2.72. The minimum atomic E-state index is 0.481. The molecule has 3 rings (SSSR count). The molecule has 0 aromatic carbocycles. The van der Waals surface area contributed by atoms with Crippen LogP contribution < -0.4 is 5.32 Å². The topological polar surface area (TPSA) is 47.0 Å². The summed E-state index contributed by atoms with van der Waals surface area (Å²) in [5, 5.41) is 3.42. The van der Waals surface area contributed by atoms with Crippen LogP contribution in [0.15, 0.2) is 0 Å². The number of aromatic nitrogens is 2. The molecule has 92 valence electrons. The van der Waals surface area contributed by atoms with Gasteiger partial charge in [0.25, 0.3) is 0 Å². The van der Waals surface area contributed by atoms with E-state index in [4.69, 9.17) is 14.7 Å². The third-order valence-corrected chi connectivity index (χ3v) is 3.71. The molecule has 3 heterocycles. The van der Waals surface area contributed by atoms with Crippen LogP contribution in [-0.2, 0) is 17.8 Å². The second kappa shape index (κ2) is 4.70. The minimum absolute atomic E-state index is 0.481. The van der Waals surface area contributed by atoms with Crippen molar-refractivity contribution in [1.29, 1.82) is 0 Å². The normalized spacial score (nSPS) is 24.4. The summed E-state index contributed by atoms with van der Waals surface area (Å²) in [4.78, 5) is 9.43. The van der Waals surface area contributed by atoms with Gasteiger partial charge in [-0.05, 0) is 38.3 Å². The lowest BCUT2D eigenvalue weighted by Gasteiger charge is -2.24. The Morgan fingerprint density at radius 2 is 2.29 bits per heavy atom. The van der Waals surface area contributed by atoms with Crippen LogP contribution in [-0.4, -0.2) is 29.7 Å². The molecule has 1 fully saturated rings. The molecule has 1 aromatic heterocycles. The van der Waals surface area contributed by atoms with Crippen LogP contribution in [0.2, 0.25) is 0 Å². The van der Waals surface area contributed by atoms with E-state index < -0.39 is 0 Å². The van der Waals surface area contributed by atoms with Crippen molar-refractivity contribution < 1.29 is 4.74 Å². The van der Waals surface area contributed by atoms with Gasteiger partial charge in [0, 0.05) is 18.2 Å². The number of piperidine rings is 1. The molecule has 0 saturated carbocycles. The molecule has 4 nitrogen and oxygen atoms in total. The van der Waals surface area contributed by atoms with Gasteiger partial charge in [0.15, 0.2) is 0 Å². The fourth-order valence-electron chi connectivity index (χ4n) is 2.72. The molecule has 1 aromatic rings. The quantitative estimate of drug-likeness (QED) is 0.795. The van der Waals surface area contributed by atoms with Gasteiger partial charge >= 0.3 is 0 Å². The highest BCUT2D eigenvalue weighted by Gasteiger charge is 2.22. The minimum Gasteiger partial charge on any atom is -0.375 e. The molecule has 2 aliphatic heterocycles. The highest BCUT2D eigenvalue weighted by atomic mass is 16.5. The molecule has 17 heavy (non-hydrogen) atoms. The molecule has 2 aliphatic rings. The van der Waals surface area contributed by atoms with Gasteiger partial charge in [-0.15, -0.1) is 0 Å². The van der Waals surface area contributed by atoms with Crippen molar-refractivity contribution in [2.24, 2.45) is 0 Å². The van der Waals surface area contributed by atoms with Crippen LogP contribution >= 0.6 is 0 Å². The first-order valence-corrected chi connectivity index (χ1v) is 6.49. The van der Waals surface area contributed by atoms with Crippen LogP contribution in [0.4, 0.5) is 0 Å². The van der Waals surface area contributed by atoms with Crippen LogP contribution in [0.1, 0.15) is 41.5 Å². The zero-order valence-corrected chi connectivity index (χ0v) is 10.3. The number of aryl methyl sites for hydroxylation is 1. The van der Waals surface area contributed by atoms with E-state index in [1.807, 2.05) is 0 Å². The molecule has 4 heteroatoms. The summed E-state index contributed by atoms with van der Waals surface area (Å²) < 4.78 is 5.49. The van der Waals surface area contributed by atoms with Crippen molar-refractivity contribution in [3.63, 3.8) is 0 Å². The van der Waals surface area contributed by atoms with E-state index in [-0.39, 0.29) is 0 Å². The Morgan fingerprint density at radius 1 is 1.35 bits per heavy atom. The van der Waals surface area contributed by atoms with E-state index in [0.29, 0.717) is 12.5 Å². The highest BCUT2D eigenvalue weighted by Crippen LogP contribution is 2.24. The van der Waals surface area contributed by atoms with E-state index in [1.165, 1.54) is 18.4 Å². The zero-order chi connectivity index (χ0) is 11.7. The van der Waals surface area contributed by atoms with Crippen molar-refractivity contribution in [3.8, 4) is 0 Å². The lowest BCUT2D eigenvalue weighted by Crippen LogP contribution is -2.30. The van der Waals surface area contributed by atoms with E-state index in [2.05, 4.69) is 12.2 Å². The molecule has 1 N–H and O–H groups in total. The van der Waals surface area contributed by atoms with E-state index in [9.17, 15) is 0 Å². The number of ether oxygens (including phenoxy) is 1. The van der Waals surface area contributed by atoms with Crippen LogP contribution in [0.25, 0.3) is 0 Å². The zero-order valence-electron chi connectivity index (χ0n) is 10.3. The van der Waals surface area contributed by atoms with Gasteiger partial charge in [0.05, 0.1) is 18.9 Å². The van der Waals surface area contributed by atoms with Gasteiger partial charge in [-0.25, -0.2) is 9.97 Å². The van der Waals surface area contributed by atoms with E-state index in [0.717, 1.165) is 43.3 Å². The van der Waals surface area contributed by atoms with Gasteiger partial charge < -0.3 is 10.1 Å². The summed E-state index contributed by atoms with van der Waals surface area (Å²) >= 11 is 0. The predicted molar refractivity (Wildman–Crippen MR) is 65.0 cm³/mol. The monoisotopic (exact) mass is 233 g/mol. The molecule has 0 amide bonds. The van der Waals surface area contributed by atoms with Crippen LogP contribution in [0, 0.1) is 6.92 Å². The SMILES string of the molecule is Cc1nc(C2CCCNC2)nc2c1CCOC2. The first-order chi connectivity index (χ1) is 8.34. The predicted octanol–water partition coefficient (Wildman–Crippen LogP) is 1.32. The number of hydrogen-bond acceptors (Lipinski definition) is 4. The molecule has 1 atom stereocenters. The Bertz CT molecular complexity index is 413. The fraction of sp³-hybridized carbons (Fsp3) is 0.692. The Morgan fingerprint density at radius 3 is 3.12 bits per heavy atom. The second-order valence-corrected chi connectivity index (χ2v) is 4.94. The maximum atomic E-state index is 5.49. The van der Waals surface area contributed by atoms with Gasteiger partial charge in [-0.2, -0.15) is 0 Å². The summed E-state index contributed by atoms with van der Waals surface area (Å²) in [6.07, 6.45) is 3.39. The molecular formula is C13H19N3O. The average Bonchev–Trinajstić information content (AvgIpc) is 2.40. The number of rotatable bonds is 1.